The maximum Gasteiger partial charge on any atom is 0.255 e. The van der Waals surface area contributed by atoms with Gasteiger partial charge in [0.25, 0.3) is 5.91 Å². The topological polar surface area (TPSA) is 81.1 Å². The van der Waals surface area contributed by atoms with Crippen molar-refractivity contribution in [2.24, 2.45) is 0 Å². The van der Waals surface area contributed by atoms with E-state index in [0.29, 0.717) is 0 Å². The predicted molar refractivity (Wildman–Crippen MR) is 69.6 cm³/mol. The third-order valence-corrected chi connectivity index (χ3v) is 2.50. The van der Waals surface area contributed by atoms with Gasteiger partial charge in [-0.15, -0.1) is 0 Å². The number of carbonyl (C=O) groups excluding carboxylic acids is 1. The van der Waals surface area contributed by atoms with Crippen molar-refractivity contribution < 1.29 is 13.6 Å². The summed E-state index contributed by atoms with van der Waals surface area (Å²) in [6.45, 7) is 0. The first-order valence-electron chi connectivity index (χ1n) is 5.39. The third-order valence-electron chi connectivity index (χ3n) is 2.50. The van der Waals surface area contributed by atoms with Gasteiger partial charge in [-0.1, -0.05) is 0 Å². The van der Waals surface area contributed by atoms with E-state index in [0.717, 1.165) is 12.1 Å². The number of nitrogen functional groups attached to an aromatic ring is 2. The van der Waals surface area contributed by atoms with Crippen LogP contribution in [0, 0.1) is 11.6 Å². The van der Waals surface area contributed by atoms with Gasteiger partial charge in [0.1, 0.15) is 11.6 Å². The molecule has 0 heterocycles. The van der Waals surface area contributed by atoms with Crippen molar-refractivity contribution in [1.82, 2.24) is 0 Å². The van der Waals surface area contributed by atoms with Gasteiger partial charge in [-0.25, -0.2) is 8.78 Å². The second-order valence-electron chi connectivity index (χ2n) is 3.93. The molecule has 1 amide bonds. The molecule has 0 aliphatic heterocycles. The molecule has 2 aromatic carbocycles. The molecule has 0 aliphatic rings. The van der Waals surface area contributed by atoms with E-state index in [1.54, 1.807) is 0 Å². The summed E-state index contributed by atoms with van der Waals surface area (Å²) in [6.07, 6.45) is 0. The van der Waals surface area contributed by atoms with E-state index >= 15 is 0 Å². The quantitative estimate of drug-likeness (QED) is 0.727. The lowest BCUT2D eigenvalue weighted by Crippen LogP contribution is -2.13. The molecule has 19 heavy (non-hydrogen) atoms. The maximum atomic E-state index is 13.5. The van der Waals surface area contributed by atoms with Gasteiger partial charge in [0.2, 0.25) is 0 Å². The van der Waals surface area contributed by atoms with Crippen molar-refractivity contribution in [2.75, 3.05) is 16.8 Å². The van der Waals surface area contributed by atoms with Crippen LogP contribution in [0.3, 0.4) is 0 Å². The number of hydrogen-bond acceptors (Lipinski definition) is 3. The number of anilines is 3. The molecule has 0 atom stereocenters. The van der Waals surface area contributed by atoms with Gasteiger partial charge < -0.3 is 16.8 Å². The summed E-state index contributed by atoms with van der Waals surface area (Å²) < 4.78 is 26.7. The van der Waals surface area contributed by atoms with Gasteiger partial charge in [-0.05, 0) is 36.4 Å². The Labute approximate surface area is 108 Å². The lowest BCUT2D eigenvalue weighted by Gasteiger charge is -2.07. The highest BCUT2D eigenvalue weighted by molar-refractivity contribution is 6.04. The largest absolute Gasteiger partial charge is 0.399 e. The van der Waals surface area contributed by atoms with Crippen molar-refractivity contribution in [3.63, 3.8) is 0 Å². The Morgan fingerprint density at radius 3 is 2.37 bits per heavy atom. The average molecular weight is 263 g/mol. The van der Waals surface area contributed by atoms with E-state index < -0.39 is 17.5 Å². The third kappa shape index (κ3) is 2.79. The molecule has 2 aromatic rings. The van der Waals surface area contributed by atoms with Crippen LogP contribution in [0.25, 0.3) is 0 Å². The Hall–Kier alpha value is -2.63. The molecular weight excluding hydrogens is 252 g/mol. The maximum absolute atomic E-state index is 13.5. The van der Waals surface area contributed by atoms with Crippen LogP contribution in [0.1, 0.15) is 10.4 Å². The van der Waals surface area contributed by atoms with Crippen molar-refractivity contribution >= 4 is 23.0 Å². The normalized spacial score (nSPS) is 10.2. The van der Waals surface area contributed by atoms with Crippen LogP contribution in [0.4, 0.5) is 25.8 Å². The van der Waals surface area contributed by atoms with Crippen LogP contribution in [0.2, 0.25) is 0 Å². The molecule has 0 aliphatic carbocycles. The van der Waals surface area contributed by atoms with Gasteiger partial charge >= 0.3 is 0 Å². The summed E-state index contributed by atoms with van der Waals surface area (Å²) in [7, 11) is 0. The summed E-state index contributed by atoms with van der Waals surface area (Å²) in [4.78, 5) is 11.8. The Morgan fingerprint density at radius 1 is 1.00 bits per heavy atom. The molecule has 5 N–H and O–H groups in total. The van der Waals surface area contributed by atoms with Gasteiger partial charge in [-0.2, -0.15) is 0 Å². The zero-order chi connectivity index (χ0) is 14.0. The Morgan fingerprint density at radius 2 is 1.74 bits per heavy atom. The minimum atomic E-state index is -0.703. The highest BCUT2D eigenvalue weighted by Gasteiger charge is 2.11. The Kier molecular flexibility index (Phi) is 3.33. The SMILES string of the molecule is Nc1ccc(NC(=O)c2ccc(N)c(F)c2)c(F)c1. The van der Waals surface area contributed by atoms with E-state index in [4.69, 9.17) is 11.5 Å². The fourth-order valence-corrected chi connectivity index (χ4v) is 1.50. The zero-order valence-electron chi connectivity index (χ0n) is 9.78. The first-order valence-corrected chi connectivity index (χ1v) is 5.39. The number of benzene rings is 2. The number of amides is 1. The van der Waals surface area contributed by atoms with E-state index in [2.05, 4.69) is 5.32 Å². The Bertz CT molecular complexity index is 644. The minimum Gasteiger partial charge on any atom is -0.399 e. The summed E-state index contributed by atoms with van der Waals surface area (Å²) in [5.41, 5.74) is 10.9. The molecule has 0 bridgehead atoms. The molecule has 2 rings (SSSR count). The van der Waals surface area contributed by atoms with E-state index in [1.165, 1.54) is 24.3 Å². The van der Waals surface area contributed by atoms with Crippen LogP contribution < -0.4 is 16.8 Å². The molecule has 98 valence electrons. The summed E-state index contributed by atoms with van der Waals surface area (Å²) in [6, 6.07) is 7.46. The number of nitrogens with one attached hydrogen (secondary N) is 1. The summed E-state index contributed by atoms with van der Waals surface area (Å²) in [5.74, 6) is -2.00. The highest BCUT2D eigenvalue weighted by atomic mass is 19.1. The van der Waals surface area contributed by atoms with Crippen LogP contribution in [0.15, 0.2) is 36.4 Å². The molecule has 0 aromatic heterocycles. The minimum absolute atomic E-state index is 0.0311. The van der Waals surface area contributed by atoms with Crippen molar-refractivity contribution in [1.29, 1.82) is 0 Å². The standard InChI is InChI=1S/C13H11F2N3O/c14-9-5-7(1-3-11(9)17)13(19)18-12-4-2-8(16)6-10(12)15/h1-6H,16-17H2,(H,18,19). The summed E-state index contributed by atoms with van der Waals surface area (Å²) in [5, 5.41) is 2.32. The number of carbonyl (C=O) groups is 1. The Balaban J connectivity index is 2.23. The predicted octanol–water partition coefficient (Wildman–Crippen LogP) is 2.38. The average Bonchev–Trinajstić information content (AvgIpc) is 2.36. The van der Waals surface area contributed by atoms with E-state index in [1.807, 2.05) is 0 Å². The number of hydrogen-bond donors (Lipinski definition) is 3. The smallest absolute Gasteiger partial charge is 0.255 e. The van der Waals surface area contributed by atoms with Crippen LogP contribution in [-0.4, -0.2) is 5.91 Å². The fourth-order valence-electron chi connectivity index (χ4n) is 1.50. The molecule has 0 saturated heterocycles. The molecule has 0 saturated carbocycles. The number of rotatable bonds is 2. The lowest BCUT2D eigenvalue weighted by molar-refractivity contribution is 0.102. The first kappa shape index (κ1) is 12.8. The van der Waals surface area contributed by atoms with E-state index in [9.17, 15) is 13.6 Å². The lowest BCUT2D eigenvalue weighted by atomic mass is 10.1. The van der Waals surface area contributed by atoms with Crippen LogP contribution in [-0.2, 0) is 0 Å². The zero-order valence-corrected chi connectivity index (χ0v) is 9.78. The molecule has 0 radical (unpaired) electrons. The highest BCUT2D eigenvalue weighted by Crippen LogP contribution is 2.19. The van der Waals surface area contributed by atoms with Crippen LogP contribution >= 0.6 is 0 Å². The van der Waals surface area contributed by atoms with Gasteiger partial charge in [0, 0.05) is 11.3 Å². The van der Waals surface area contributed by atoms with Gasteiger partial charge in [-0.3, -0.25) is 4.79 Å². The first-order chi connectivity index (χ1) is 8.97. The number of nitrogens with two attached hydrogens (primary N) is 2. The summed E-state index contributed by atoms with van der Waals surface area (Å²) >= 11 is 0. The molecular formula is C13H11F2N3O. The second kappa shape index (κ2) is 4.93. The molecule has 4 nitrogen and oxygen atoms in total. The van der Waals surface area contributed by atoms with Gasteiger partial charge in [0.05, 0.1) is 11.4 Å². The van der Waals surface area contributed by atoms with E-state index in [-0.39, 0.29) is 22.6 Å². The van der Waals surface area contributed by atoms with Crippen molar-refractivity contribution in [2.45, 2.75) is 0 Å². The van der Waals surface area contributed by atoms with Crippen LogP contribution in [0.5, 0.6) is 0 Å². The molecule has 6 heteroatoms. The van der Waals surface area contributed by atoms with Crippen molar-refractivity contribution in [3.05, 3.63) is 53.6 Å². The molecule has 0 fully saturated rings. The number of halogens is 2. The second-order valence-corrected chi connectivity index (χ2v) is 3.93. The molecule has 0 spiro atoms. The monoisotopic (exact) mass is 263 g/mol. The molecule has 0 unspecified atom stereocenters. The van der Waals surface area contributed by atoms with Crippen molar-refractivity contribution in [3.8, 4) is 0 Å². The fraction of sp³-hybridized carbons (Fsp3) is 0. The van der Waals surface area contributed by atoms with Gasteiger partial charge in [0.15, 0.2) is 0 Å².